The molecule has 0 amide bonds. The van der Waals surface area contributed by atoms with Crippen molar-refractivity contribution in [1.29, 1.82) is 0 Å². The Morgan fingerprint density at radius 2 is 0.862 bits per heavy atom. The van der Waals surface area contributed by atoms with Crippen molar-refractivity contribution < 1.29 is 4.42 Å². The number of aromatic nitrogens is 2. The first-order chi connectivity index (χ1) is 28.7. The van der Waals surface area contributed by atoms with Crippen LogP contribution in [0.1, 0.15) is 0 Å². The second-order valence-corrected chi connectivity index (χ2v) is 16.4. The van der Waals surface area contributed by atoms with E-state index < -0.39 is 0 Å². The lowest BCUT2D eigenvalue weighted by Crippen LogP contribution is -1.94. The fourth-order valence-corrected chi connectivity index (χ4v) is 10.5. The lowest BCUT2D eigenvalue weighted by molar-refractivity contribution is 0.669. The van der Waals surface area contributed by atoms with Gasteiger partial charge in [0.25, 0.3) is 0 Å². The van der Waals surface area contributed by atoms with Crippen LogP contribution in [0.25, 0.3) is 119 Å². The molecule has 0 unspecified atom stereocenters. The average Bonchev–Trinajstić information content (AvgIpc) is 4.02. The Morgan fingerprint density at radius 1 is 0.293 bits per heavy atom. The van der Waals surface area contributed by atoms with Gasteiger partial charge < -0.3 is 13.6 Å². The van der Waals surface area contributed by atoms with Gasteiger partial charge in [-0.05, 0) is 107 Å². The van der Waals surface area contributed by atoms with Crippen molar-refractivity contribution in [3.8, 4) is 33.6 Å². The summed E-state index contributed by atoms with van der Waals surface area (Å²) in [6, 6.07) is 70.8. The van der Waals surface area contributed by atoms with Gasteiger partial charge in [-0.15, -0.1) is 11.3 Å². The number of nitrogens with zero attached hydrogens (tertiary/aromatic N) is 2. The SMILES string of the molecule is c1ccc(-n2c3ccccc3c3ccc(-c4ccc(-n5c6ccc(-c7ccc8c(c7)oc7ccccc78)cc6c6cc7sc8ccccc8c7cc65)cc4)cc32)cc1. The monoisotopic (exact) mass is 756 g/mol. The summed E-state index contributed by atoms with van der Waals surface area (Å²) >= 11 is 1.87. The molecule has 4 heteroatoms. The third-order valence-electron chi connectivity index (χ3n) is 12.1. The maximum atomic E-state index is 6.31. The van der Waals surface area contributed by atoms with Crippen molar-refractivity contribution in [2.75, 3.05) is 0 Å². The zero-order chi connectivity index (χ0) is 37.9. The molecule has 58 heavy (non-hydrogen) atoms. The molecule has 0 aliphatic carbocycles. The number of para-hydroxylation sites is 3. The van der Waals surface area contributed by atoms with Gasteiger partial charge in [-0.1, -0.05) is 109 Å². The van der Waals surface area contributed by atoms with Crippen LogP contribution in [0.2, 0.25) is 0 Å². The number of hydrogen-bond acceptors (Lipinski definition) is 2. The van der Waals surface area contributed by atoms with E-state index in [-0.39, 0.29) is 0 Å². The van der Waals surface area contributed by atoms with Crippen LogP contribution in [0.4, 0.5) is 0 Å². The van der Waals surface area contributed by atoms with Crippen LogP contribution in [-0.4, -0.2) is 9.13 Å². The highest BCUT2D eigenvalue weighted by molar-refractivity contribution is 7.25. The number of hydrogen-bond donors (Lipinski definition) is 0. The first-order valence-electron chi connectivity index (χ1n) is 19.7. The van der Waals surface area contributed by atoms with E-state index in [1.807, 2.05) is 23.5 Å². The molecule has 0 atom stereocenters. The van der Waals surface area contributed by atoms with Crippen molar-refractivity contribution in [3.63, 3.8) is 0 Å². The Balaban J connectivity index is 0.980. The van der Waals surface area contributed by atoms with E-state index in [0.717, 1.165) is 33.2 Å². The van der Waals surface area contributed by atoms with E-state index in [4.69, 9.17) is 4.42 Å². The number of fused-ring (bicyclic) bond motifs is 12. The standard InChI is InChI=1S/C54H32N2OS/c1-2-10-37(11-3-1)55-47-15-7-4-12-39(47)40-25-20-35(29-49(40)55)33-18-23-38(24-19-33)56-48-27-22-34(36-21-26-42-41-13-5-8-16-51(41)57-52(42)30-36)28-44(48)45-32-54-46(31-50(45)56)43-14-6-9-17-53(43)58-54/h1-32H. The second-order valence-electron chi connectivity index (χ2n) is 15.3. The molecule has 0 bridgehead atoms. The van der Waals surface area contributed by atoms with Crippen LogP contribution in [0.15, 0.2) is 199 Å². The van der Waals surface area contributed by atoms with Crippen molar-refractivity contribution in [3.05, 3.63) is 194 Å². The molecule has 0 spiro atoms. The Morgan fingerprint density at radius 3 is 1.72 bits per heavy atom. The molecule has 0 saturated heterocycles. The van der Waals surface area contributed by atoms with Gasteiger partial charge in [0.15, 0.2) is 0 Å². The molecular weight excluding hydrogens is 725 g/mol. The van der Waals surface area contributed by atoms with Crippen LogP contribution < -0.4 is 0 Å². The first kappa shape index (κ1) is 31.8. The summed E-state index contributed by atoms with van der Waals surface area (Å²) < 4.78 is 13.8. The van der Waals surface area contributed by atoms with Crippen molar-refractivity contribution in [2.24, 2.45) is 0 Å². The topological polar surface area (TPSA) is 23.0 Å². The molecule has 9 aromatic carbocycles. The summed E-state index contributed by atoms with van der Waals surface area (Å²) in [5, 5.41) is 9.91. The lowest BCUT2D eigenvalue weighted by Gasteiger charge is -2.11. The van der Waals surface area contributed by atoms with Crippen molar-refractivity contribution in [1.82, 2.24) is 9.13 Å². The van der Waals surface area contributed by atoms with Gasteiger partial charge in [-0.3, -0.25) is 0 Å². The van der Waals surface area contributed by atoms with E-state index in [1.54, 1.807) is 0 Å². The van der Waals surface area contributed by atoms with E-state index in [2.05, 4.69) is 191 Å². The second kappa shape index (κ2) is 12.1. The molecule has 0 fully saturated rings. The van der Waals surface area contributed by atoms with Gasteiger partial charge in [0.05, 0.1) is 22.1 Å². The maximum Gasteiger partial charge on any atom is 0.136 e. The van der Waals surface area contributed by atoms with Crippen LogP contribution in [0, 0.1) is 0 Å². The van der Waals surface area contributed by atoms with E-state index in [9.17, 15) is 0 Å². The first-order valence-corrected chi connectivity index (χ1v) is 20.6. The molecule has 0 N–H and O–H groups in total. The van der Waals surface area contributed by atoms with Gasteiger partial charge in [-0.2, -0.15) is 0 Å². The Bertz CT molecular complexity index is 3790. The predicted molar refractivity (Wildman–Crippen MR) is 246 cm³/mol. The highest BCUT2D eigenvalue weighted by atomic mass is 32.1. The third kappa shape index (κ3) is 4.61. The number of furan rings is 1. The molecule has 13 rings (SSSR count). The maximum absolute atomic E-state index is 6.31. The zero-order valence-corrected chi connectivity index (χ0v) is 32.0. The lowest BCUT2D eigenvalue weighted by atomic mass is 10.0. The third-order valence-corrected chi connectivity index (χ3v) is 13.3. The minimum Gasteiger partial charge on any atom is -0.456 e. The Labute approximate surface area is 336 Å². The minimum absolute atomic E-state index is 0.911. The van der Waals surface area contributed by atoms with Gasteiger partial charge in [0, 0.05) is 63.9 Å². The number of rotatable bonds is 4. The van der Waals surface area contributed by atoms with Crippen LogP contribution in [-0.2, 0) is 0 Å². The fourth-order valence-electron chi connectivity index (χ4n) is 9.41. The Hall–Kier alpha value is -7.40. The predicted octanol–water partition coefficient (Wildman–Crippen LogP) is 15.5. The molecule has 270 valence electrons. The molecular formula is C54H32N2OS. The van der Waals surface area contributed by atoms with E-state index >= 15 is 0 Å². The summed E-state index contributed by atoms with van der Waals surface area (Å²) in [6.45, 7) is 0. The highest BCUT2D eigenvalue weighted by Crippen LogP contribution is 2.43. The van der Waals surface area contributed by atoms with Crippen LogP contribution >= 0.6 is 11.3 Å². The van der Waals surface area contributed by atoms with Crippen molar-refractivity contribution in [2.45, 2.75) is 0 Å². The summed E-state index contributed by atoms with van der Waals surface area (Å²) in [7, 11) is 0. The van der Waals surface area contributed by atoms with Crippen LogP contribution in [0.5, 0.6) is 0 Å². The van der Waals surface area contributed by atoms with Crippen LogP contribution in [0.3, 0.4) is 0 Å². The summed E-state index contributed by atoms with van der Waals surface area (Å²) in [4.78, 5) is 0. The van der Waals surface area contributed by atoms with Gasteiger partial charge in [0.1, 0.15) is 11.2 Å². The smallest absolute Gasteiger partial charge is 0.136 e. The summed E-state index contributed by atoms with van der Waals surface area (Å²) in [6.07, 6.45) is 0. The molecule has 4 heterocycles. The number of benzene rings is 9. The van der Waals surface area contributed by atoms with E-state index in [0.29, 0.717) is 0 Å². The molecule has 0 aliphatic rings. The largest absolute Gasteiger partial charge is 0.456 e. The fraction of sp³-hybridized carbons (Fsp3) is 0. The summed E-state index contributed by atoms with van der Waals surface area (Å²) in [5.41, 5.74) is 13.6. The van der Waals surface area contributed by atoms with E-state index in [1.165, 1.54) is 86.2 Å². The highest BCUT2D eigenvalue weighted by Gasteiger charge is 2.18. The summed E-state index contributed by atoms with van der Waals surface area (Å²) in [5.74, 6) is 0. The molecule has 13 aromatic rings. The molecule has 4 aromatic heterocycles. The quantitative estimate of drug-likeness (QED) is 0.175. The van der Waals surface area contributed by atoms with Crippen molar-refractivity contribution >= 4 is 97.1 Å². The minimum atomic E-state index is 0.911. The Kier molecular flexibility index (Phi) is 6.60. The molecule has 0 aliphatic heterocycles. The average molecular weight is 757 g/mol. The van der Waals surface area contributed by atoms with Gasteiger partial charge in [0.2, 0.25) is 0 Å². The van der Waals surface area contributed by atoms with Gasteiger partial charge >= 0.3 is 0 Å². The zero-order valence-electron chi connectivity index (χ0n) is 31.2. The molecule has 0 saturated carbocycles. The normalized spacial score (nSPS) is 12.1. The molecule has 0 radical (unpaired) electrons. The van der Waals surface area contributed by atoms with Gasteiger partial charge in [-0.25, -0.2) is 0 Å². The molecule has 3 nitrogen and oxygen atoms in total. The number of thiophene rings is 1.